The third-order valence-corrected chi connectivity index (χ3v) is 8.28. The van der Waals surface area contributed by atoms with Crippen LogP contribution in [-0.4, -0.2) is 59.2 Å². The minimum Gasteiger partial charge on any atom is -0.371 e. The van der Waals surface area contributed by atoms with Crippen LogP contribution in [0, 0.1) is 6.92 Å². The van der Waals surface area contributed by atoms with Crippen LogP contribution in [0.1, 0.15) is 66.6 Å². The van der Waals surface area contributed by atoms with Crippen molar-refractivity contribution < 1.29 is 9.53 Å². The number of nitrogens with zero attached hydrogens (tertiary/aromatic N) is 3. The molecule has 1 N–H and O–H groups in total. The number of fused-ring (bicyclic) bond motifs is 3. The van der Waals surface area contributed by atoms with Crippen molar-refractivity contribution >= 4 is 11.6 Å². The zero-order valence-corrected chi connectivity index (χ0v) is 21.0. The summed E-state index contributed by atoms with van der Waals surface area (Å²) in [5.74, 6) is 0. The Bertz CT molecular complexity index is 1160. The average molecular weight is 473 g/mol. The molecule has 0 spiro atoms. The Hall–Kier alpha value is -2.70. The Morgan fingerprint density at radius 3 is 2.63 bits per heavy atom. The highest BCUT2D eigenvalue weighted by Crippen LogP contribution is 2.37. The second-order valence-electron chi connectivity index (χ2n) is 10.8. The highest BCUT2D eigenvalue weighted by atomic mass is 16.5. The molecule has 2 amide bonds. The van der Waals surface area contributed by atoms with Crippen LogP contribution in [0.4, 0.5) is 4.79 Å². The van der Waals surface area contributed by atoms with E-state index in [1.165, 1.54) is 28.7 Å². The van der Waals surface area contributed by atoms with Gasteiger partial charge >= 0.3 is 6.03 Å². The molecule has 5 heterocycles. The van der Waals surface area contributed by atoms with Crippen molar-refractivity contribution in [3.8, 4) is 11.1 Å². The number of urea groups is 1. The zero-order valence-electron chi connectivity index (χ0n) is 21.0. The highest BCUT2D eigenvalue weighted by molar-refractivity contribution is 5.76. The van der Waals surface area contributed by atoms with Crippen LogP contribution in [0.25, 0.3) is 16.7 Å². The van der Waals surface area contributed by atoms with Gasteiger partial charge in [-0.05, 0) is 98.0 Å². The van der Waals surface area contributed by atoms with E-state index in [2.05, 4.69) is 40.0 Å². The number of aromatic nitrogens is 1. The molecule has 3 saturated heterocycles. The first kappa shape index (κ1) is 22.7. The van der Waals surface area contributed by atoms with E-state index in [4.69, 9.17) is 4.74 Å². The summed E-state index contributed by atoms with van der Waals surface area (Å²) < 4.78 is 5.96. The van der Waals surface area contributed by atoms with E-state index < -0.39 is 0 Å². The number of amides is 2. The second kappa shape index (κ2) is 9.07. The fraction of sp³-hybridized carbons (Fsp3) is 0.517. The number of hydrogen-bond donors (Lipinski definition) is 1. The van der Waals surface area contributed by atoms with E-state index in [-0.39, 0.29) is 18.2 Å². The van der Waals surface area contributed by atoms with E-state index in [1.54, 1.807) is 0 Å². The van der Waals surface area contributed by atoms with Crippen molar-refractivity contribution in [3.05, 3.63) is 58.9 Å². The van der Waals surface area contributed by atoms with Gasteiger partial charge in [0.15, 0.2) is 0 Å². The third kappa shape index (κ3) is 4.27. The number of aryl methyl sites for hydroxylation is 1. The Balaban J connectivity index is 1.33. The minimum absolute atomic E-state index is 0.180. The first-order chi connectivity index (χ1) is 17.0. The number of morpholine rings is 1. The summed E-state index contributed by atoms with van der Waals surface area (Å²) in [6, 6.07) is 7.43. The maximum atomic E-state index is 13.5. The molecule has 1 aromatic heterocycles. The number of likely N-dealkylation sites (tertiary alicyclic amines) is 1. The molecule has 0 radical (unpaired) electrons. The quantitative estimate of drug-likeness (QED) is 0.693. The third-order valence-electron chi connectivity index (χ3n) is 8.28. The number of pyridine rings is 1. The first-order valence-electron chi connectivity index (χ1n) is 13.2. The van der Waals surface area contributed by atoms with Crippen molar-refractivity contribution in [1.29, 1.82) is 0 Å². The van der Waals surface area contributed by atoms with E-state index in [0.717, 1.165) is 74.3 Å². The fourth-order valence-electron chi connectivity index (χ4n) is 6.38. The predicted molar refractivity (Wildman–Crippen MR) is 138 cm³/mol. The number of carbonyl (C=O) groups is 1. The minimum atomic E-state index is 0.180. The SMILES string of the molecule is C=C(C)c1cc(-c2cc3c(c([C@@H]4CCCN4)c2)CN(C(=O)N2CC4CCC(C2)O4)CC3)cnc1C. The first-order valence-corrected chi connectivity index (χ1v) is 13.2. The van der Waals surface area contributed by atoms with Gasteiger partial charge in [0.1, 0.15) is 0 Å². The number of ether oxygens (including phenoxy) is 1. The van der Waals surface area contributed by atoms with Crippen molar-refractivity contribution in [2.45, 2.75) is 70.7 Å². The summed E-state index contributed by atoms with van der Waals surface area (Å²) in [5.41, 5.74) is 9.59. The molecule has 4 aliphatic heterocycles. The largest absolute Gasteiger partial charge is 0.371 e. The van der Waals surface area contributed by atoms with E-state index in [1.807, 2.05) is 24.9 Å². The number of allylic oxidation sites excluding steroid dienone is 1. The van der Waals surface area contributed by atoms with Gasteiger partial charge in [-0.2, -0.15) is 0 Å². The van der Waals surface area contributed by atoms with Crippen LogP contribution in [-0.2, 0) is 17.7 Å². The molecule has 4 aliphatic rings. The lowest BCUT2D eigenvalue weighted by Gasteiger charge is -2.38. The van der Waals surface area contributed by atoms with Gasteiger partial charge in [0.2, 0.25) is 0 Å². The molecule has 6 rings (SSSR count). The highest BCUT2D eigenvalue weighted by Gasteiger charge is 2.38. The molecule has 35 heavy (non-hydrogen) atoms. The fourth-order valence-corrected chi connectivity index (χ4v) is 6.38. The molecule has 0 aliphatic carbocycles. The lowest BCUT2D eigenvalue weighted by Crippen LogP contribution is -2.52. The van der Waals surface area contributed by atoms with Gasteiger partial charge in [0, 0.05) is 49.7 Å². The maximum absolute atomic E-state index is 13.5. The molecule has 6 nitrogen and oxygen atoms in total. The van der Waals surface area contributed by atoms with Crippen molar-refractivity contribution in [2.75, 3.05) is 26.2 Å². The molecule has 1 aromatic carbocycles. The van der Waals surface area contributed by atoms with Crippen LogP contribution in [0.2, 0.25) is 0 Å². The number of nitrogens with one attached hydrogen (secondary N) is 1. The molecular formula is C29H36N4O2. The Kier molecular flexibility index (Phi) is 5.89. The Labute approximate surface area is 208 Å². The predicted octanol–water partition coefficient (Wildman–Crippen LogP) is 4.86. The summed E-state index contributed by atoms with van der Waals surface area (Å²) in [6.07, 6.45) is 7.82. The molecular weight excluding hydrogens is 436 g/mol. The second-order valence-corrected chi connectivity index (χ2v) is 10.8. The number of benzene rings is 1. The Morgan fingerprint density at radius 1 is 1.11 bits per heavy atom. The lowest BCUT2D eigenvalue weighted by atomic mass is 9.87. The summed E-state index contributed by atoms with van der Waals surface area (Å²) in [5, 5.41) is 3.71. The maximum Gasteiger partial charge on any atom is 0.320 e. The summed E-state index contributed by atoms with van der Waals surface area (Å²) in [4.78, 5) is 22.3. The molecule has 2 unspecified atom stereocenters. The number of rotatable bonds is 3. The molecule has 184 valence electrons. The van der Waals surface area contributed by atoms with Gasteiger partial charge in [0.05, 0.1) is 12.2 Å². The average Bonchev–Trinajstić information content (AvgIpc) is 3.52. The lowest BCUT2D eigenvalue weighted by molar-refractivity contribution is -0.0291. The van der Waals surface area contributed by atoms with E-state index >= 15 is 0 Å². The van der Waals surface area contributed by atoms with Crippen molar-refractivity contribution in [2.24, 2.45) is 0 Å². The number of carbonyl (C=O) groups excluding carboxylic acids is 1. The Morgan fingerprint density at radius 2 is 1.91 bits per heavy atom. The molecule has 0 saturated carbocycles. The van der Waals surface area contributed by atoms with Crippen molar-refractivity contribution in [1.82, 2.24) is 20.1 Å². The molecule has 6 heteroatoms. The van der Waals surface area contributed by atoms with E-state index in [0.29, 0.717) is 12.6 Å². The van der Waals surface area contributed by atoms with Gasteiger partial charge < -0.3 is 19.9 Å². The standard InChI is InChI=1S/C29H36N4O2/c1-18(2)25-13-22(14-31-19(25)3)21-11-20-8-10-32(17-27(20)26(12-21)28-5-4-9-30-28)29(34)33-15-23-6-7-24(16-33)35-23/h11-14,23-24,28,30H,1,4-10,15-17H2,2-3H3/t23?,24?,28-/m0/s1. The van der Waals surface area contributed by atoms with E-state index in [9.17, 15) is 4.79 Å². The normalized spacial score (nSPS) is 25.6. The van der Waals surface area contributed by atoms with Gasteiger partial charge in [-0.15, -0.1) is 0 Å². The van der Waals surface area contributed by atoms with Crippen LogP contribution in [0.3, 0.4) is 0 Å². The summed E-state index contributed by atoms with van der Waals surface area (Å²) in [6.45, 7) is 12.2. The molecule has 3 atom stereocenters. The van der Waals surface area contributed by atoms with Crippen LogP contribution < -0.4 is 5.32 Å². The molecule has 2 aromatic rings. The van der Waals surface area contributed by atoms with Crippen LogP contribution >= 0.6 is 0 Å². The van der Waals surface area contributed by atoms with Gasteiger partial charge in [0.25, 0.3) is 0 Å². The summed E-state index contributed by atoms with van der Waals surface area (Å²) in [7, 11) is 0. The zero-order chi connectivity index (χ0) is 24.1. The topological polar surface area (TPSA) is 57.7 Å². The van der Waals surface area contributed by atoms with Gasteiger partial charge in [-0.3, -0.25) is 4.98 Å². The summed E-state index contributed by atoms with van der Waals surface area (Å²) >= 11 is 0. The monoisotopic (exact) mass is 472 g/mol. The van der Waals surface area contributed by atoms with Crippen molar-refractivity contribution in [3.63, 3.8) is 0 Å². The van der Waals surface area contributed by atoms with Gasteiger partial charge in [-0.1, -0.05) is 12.6 Å². The molecule has 3 fully saturated rings. The van der Waals surface area contributed by atoms with Gasteiger partial charge in [-0.25, -0.2) is 4.79 Å². The number of hydrogen-bond acceptors (Lipinski definition) is 4. The van der Waals surface area contributed by atoms with Crippen LogP contribution in [0.15, 0.2) is 31.0 Å². The van der Waals surface area contributed by atoms with Crippen LogP contribution in [0.5, 0.6) is 0 Å². The smallest absolute Gasteiger partial charge is 0.320 e. The molecule has 2 bridgehead atoms.